The van der Waals surface area contributed by atoms with Gasteiger partial charge in [0.15, 0.2) is 11.5 Å². The molecule has 1 aromatic carbocycles. The Labute approximate surface area is 136 Å². The molecule has 3 heterocycles. The summed E-state index contributed by atoms with van der Waals surface area (Å²) in [5.74, 6) is 1.50. The number of esters is 1. The Balaban J connectivity index is 1.79. The van der Waals surface area contributed by atoms with Crippen molar-refractivity contribution in [2.75, 3.05) is 41.0 Å². The van der Waals surface area contributed by atoms with E-state index < -0.39 is 0 Å². The molecule has 3 aliphatic heterocycles. The third-order valence-corrected chi connectivity index (χ3v) is 4.76. The molecular weight excluding hydrogens is 298 g/mol. The largest absolute Gasteiger partial charge is 0.493 e. The van der Waals surface area contributed by atoms with Gasteiger partial charge < -0.3 is 18.9 Å². The zero-order valence-electron chi connectivity index (χ0n) is 13.8. The minimum absolute atomic E-state index is 0.0240. The molecule has 0 radical (unpaired) electrons. The van der Waals surface area contributed by atoms with E-state index in [9.17, 15) is 4.79 Å². The van der Waals surface area contributed by atoms with E-state index in [4.69, 9.17) is 18.9 Å². The molecule has 3 aliphatic rings. The number of hydrogen-bond acceptors (Lipinski definition) is 6. The fourth-order valence-electron chi connectivity index (χ4n) is 3.45. The number of benzene rings is 1. The maximum atomic E-state index is 12.5. The predicted octanol–water partition coefficient (Wildman–Crippen LogP) is 1.96. The number of piperidine rings is 3. The number of hydrogen-bond donors (Lipinski definition) is 0. The summed E-state index contributed by atoms with van der Waals surface area (Å²) in [5.41, 5.74) is 0.413. The van der Waals surface area contributed by atoms with Crippen molar-refractivity contribution in [3.05, 3.63) is 17.7 Å². The first-order chi connectivity index (χ1) is 11.2. The van der Waals surface area contributed by atoms with Gasteiger partial charge in [-0.2, -0.15) is 0 Å². The highest BCUT2D eigenvalue weighted by atomic mass is 16.5. The van der Waals surface area contributed by atoms with Gasteiger partial charge in [0.2, 0.25) is 5.75 Å². The minimum atomic E-state index is -0.344. The second kappa shape index (κ2) is 6.66. The normalized spacial score (nSPS) is 25.8. The number of carbonyl (C=O) groups excluding carboxylic acids is 1. The third-order valence-electron chi connectivity index (χ3n) is 4.76. The van der Waals surface area contributed by atoms with Crippen molar-refractivity contribution >= 4 is 5.97 Å². The monoisotopic (exact) mass is 321 g/mol. The van der Waals surface area contributed by atoms with Crippen LogP contribution in [0.3, 0.4) is 0 Å². The first-order valence-corrected chi connectivity index (χ1v) is 7.89. The van der Waals surface area contributed by atoms with Crippen LogP contribution in [0.1, 0.15) is 23.2 Å². The second-order valence-corrected chi connectivity index (χ2v) is 6.00. The first-order valence-electron chi connectivity index (χ1n) is 7.89. The van der Waals surface area contributed by atoms with Gasteiger partial charge in [-0.05, 0) is 44.0 Å². The van der Waals surface area contributed by atoms with Gasteiger partial charge in [-0.15, -0.1) is 0 Å². The van der Waals surface area contributed by atoms with Crippen LogP contribution in [-0.4, -0.2) is 57.9 Å². The Hall–Kier alpha value is -1.95. The number of fused-ring (bicyclic) bond motifs is 3. The fourth-order valence-corrected chi connectivity index (χ4v) is 3.45. The fraction of sp³-hybridized carbons (Fsp3) is 0.588. The Bertz CT molecular complexity index is 555. The van der Waals surface area contributed by atoms with Gasteiger partial charge in [0.1, 0.15) is 6.10 Å². The number of methoxy groups -OCH3 is 3. The summed E-state index contributed by atoms with van der Waals surface area (Å²) >= 11 is 0. The van der Waals surface area contributed by atoms with Crippen molar-refractivity contribution in [1.82, 2.24) is 4.90 Å². The lowest BCUT2D eigenvalue weighted by molar-refractivity contribution is -0.0456. The highest BCUT2D eigenvalue weighted by molar-refractivity contribution is 5.91. The highest BCUT2D eigenvalue weighted by Gasteiger charge is 2.36. The molecule has 6 heteroatoms. The molecule has 6 nitrogen and oxygen atoms in total. The van der Waals surface area contributed by atoms with Gasteiger partial charge in [0, 0.05) is 6.54 Å². The molecule has 23 heavy (non-hydrogen) atoms. The lowest BCUT2D eigenvalue weighted by atomic mass is 9.86. The van der Waals surface area contributed by atoms with Gasteiger partial charge in [0.25, 0.3) is 0 Å². The molecule has 2 bridgehead atoms. The van der Waals surface area contributed by atoms with Crippen LogP contribution in [-0.2, 0) is 4.74 Å². The average Bonchev–Trinajstić information content (AvgIpc) is 2.61. The summed E-state index contributed by atoms with van der Waals surface area (Å²) < 4.78 is 21.6. The quantitative estimate of drug-likeness (QED) is 0.773. The predicted molar refractivity (Wildman–Crippen MR) is 84.5 cm³/mol. The topological polar surface area (TPSA) is 57.2 Å². The SMILES string of the molecule is COc1cc(C(=O)O[C@H]2CN3CCC2CC3)cc(OC)c1OC. The molecule has 126 valence electrons. The van der Waals surface area contributed by atoms with Crippen molar-refractivity contribution in [3.8, 4) is 17.2 Å². The van der Waals surface area contributed by atoms with Gasteiger partial charge in [-0.1, -0.05) is 0 Å². The Morgan fingerprint density at radius 2 is 1.65 bits per heavy atom. The zero-order valence-corrected chi connectivity index (χ0v) is 13.8. The molecule has 4 rings (SSSR count). The van der Waals surface area contributed by atoms with Crippen molar-refractivity contribution in [3.63, 3.8) is 0 Å². The number of ether oxygens (including phenoxy) is 4. The van der Waals surface area contributed by atoms with E-state index in [-0.39, 0.29) is 12.1 Å². The van der Waals surface area contributed by atoms with E-state index in [2.05, 4.69) is 4.90 Å². The van der Waals surface area contributed by atoms with Crippen LogP contribution in [0, 0.1) is 5.92 Å². The molecule has 0 saturated carbocycles. The lowest BCUT2D eigenvalue weighted by Gasteiger charge is -2.43. The van der Waals surface area contributed by atoms with Crippen molar-refractivity contribution in [2.24, 2.45) is 5.92 Å². The van der Waals surface area contributed by atoms with Crippen molar-refractivity contribution in [2.45, 2.75) is 18.9 Å². The average molecular weight is 321 g/mol. The molecule has 1 aromatic rings. The summed E-state index contributed by atoms with van der Waals surface area (Å²) in [7, 11) is 4.59. The van der Waals surface area contributed by atoms with E-state index in [1.165, 1.54) is 21.3 Å². The van der Waals surface area contributed by atoms with Gasteiger partial charge in [-0.25, -0.2) is 4.79 Å². The standard InChI is InChI=1S/C17H23NO5/c1-20-13-8-12(9-14(21-2)16(13)22-3)17(19)23-15-10-18-6-4-11(15)5-7-18/h8-9,11,15H,4-7,10H2,1-3H3/t15-/m0/s1. The number of nitrogens with zero attached hydrogens (tertiary/aromatic N) is 1. The maximum absolute atomic E-state index is 12.5. The van der Waals surface area contributed by atoms with Crippen LogP contribution < -0.4 is 14.2 Å². The minimum Gasteiger partial charge on any atom is -0.493 e. The van der Waals surface area contributed by atoms with E-state index >= 15 is 0 Å². The molecule has 3 saturated heterocycles. The Morgan fingerprint density at radius 1 is 1.04 bits per heavy atom. The summed E-state index contributed by atoms with van der Waals surface area (Å²) in [5, 5.41) is 0. The van der Waals surface area contributed by atoms with E-state index in [1.807, 2.05) is 0 Å². The van der Waals surface area contributed by atoms with Crippen LogP contribution in [0.4, 0.5) is 0 Å². The van der Waals surface area contributed by atoms with Crippen molar-refractivity contribution in [1.29, 1.82) is 0 Å². The van der Waals surface area contributed by atoms with E-state index in [0.717, 1.165) is 32.5 Å². The second-order valence-electron chi connectivity index (χ2n) is 6.00. The summed E-state index contributed by atoms with van der Waals surface area (Å²) in [4.78, 5) is 14.9. The molecule has 0 aliphatic carbocycles. The maximum Gasteiger partial charge on any atom is 0.338 e. The molecule has 0 N–H and O–H groups in total. The molecule has 0 aromatic heterocycles. The van der Waals surface area contributed by atoms with Crippen LogP contribution in [0.2, 0.25) is 0 Å². The molecule has 0 amide bonds. The van der Waals surface area contributed by atoms with Gasteiger partial charge in [-0.3, -0.25) is 4.90 Å². The van der Waals surface area contributed by atoms with Crippen molar-refractivity contribution < 1.29 is 23.7 Å². The molecule has 0 unspecified atom stereocenters. The van der Waals surface area contributed by atoms with Gasteiger partial charge in [0.05, 0.1) is 26.9 Å². The highest BCUT2D eigenvalue weighted by Crippen LogP contribution is 2.38. The van der Waals surface area contributed by atoms with Gasteiger partial charge >= 0.3 is 5.97 Å². The third kappa shape index (κ3) is 3.08. The molecule has 0 spiro atoms. The smallest absolute Gasteiger partial charge is 0.338 e. The summed E-state index contributed by atoms with van der Waals surface area (Å²) in [6.07, 6.45) is 2.18. The number of rotatable bonds is 5. The van der Waals surface area contributed by atoms with E-state index in [0.29, 0.717) is 28.7 Å². The molecule has 3 fully saturated rings. The van der Waals surface area contributed by atoms with Crippen LogP contribution in [0.5, 0.6) is 17.2 Å². The van der Waals surface area contributed by atoms with Crippen LogP contribution >= 0.6 is 0 Å². The molecular formula is C17H23NO5. The Kier molecular flexibility index (Phi) is 4.61. The van der Waals surface area contributed by atoms with E-state index in [1.54, 1.807) is 12.1 Å². The summed E-state index contributed by atoms with van der Waals surface area (Å²) in [6, 6.07) is 3.26. The first kappa shape index (κ1) is 15.9. The van der Waals surface area contributed by atoms with Crippen LogP contribution in [0.15, 0.2) is 12.1 Å². The lowest BCUT2D eigenvalue weighted by Crippen LogP contribution is -2.51. The Morgan fingerprint density at radius 3 is 2.09 bits per heavy atom. The molecule has 1 atom stereocenters. The zero-order chi connectivity index (χ0) is 16.4. The van der Waals surface area contributed by atoms with Crippen LogP contribution in [0.25, 0.3) is 0 Å². The summed E-state index contributed by atoms with van der Waals surface area (Å²) in [6.45, 7) is 3.06. The number of carbonyl (C=O) groups is 1.